The van der Waals surface area contributed by atoms with Crippen LogP contribution >= 0.6 is 11.8 Å². The third kappa shape index (κ3) is 3.11. The minimum absolute atomic E-state index is 0.0919. The number of carbonyl (C=O) groups excluding carboxylic acids is 1. The number of carbonyl (C=O) groups is 1. The van der Waals surface area contributed by atoms with Crippen LogP contribution in [0.25, 0.3) is 0 Å². The zero-order valence-electron chi connectivity index (χ0n) is 14.8. The fourth-order valence-electron chi connectivity index (χ4n) is 3.51. The van der Waals surface area contributed by atoms with E-state index in [1.165, 1.54) is 0 Å². The lowest BCUT2D eigenvalue weighted by atomic mass is 9.81. The Morgan fingerprint density at radius 2 is 1.52 bits per heavy atom. The van der Waals surface area contributed by atoms with Gasteiger partial charge in [0.2, 0.25) is 0 Å². The van der Waals surface area contributed by atoms with E-state index in [9.17, 15) is 4.79 Å². The van der Waals surface area contributed by atoms with Gasteiger partial charge in [-0.15, -0.1) is 0 Å². The first kappa shape index (κ1) is 17.7. The van der Waals surface area contributed by atoms with Crippen molar-refractivity contribution in [1.29, 1.82) is 0 Å². The van der Waals surface area contributed by atoms with Crippen LogP contribution in [-0.2, 0) is 10.3 Å². The molecule has 1 amide bonds. The number of amidine groups is 1. The Morgan fingerprint density at radius 1 is 0.960 bits per heavy atom. The van der Waals surface area contributed by atoms with Crippen LogP contribution < -0.4 is 0 Å². The fourth-order valence-corrected chi connectivity index (χ4v) is 4.13. The number of hydrogen-bond donors (Lipinski definition) is 0. The Balaban J connectivity index is 2.16. The average molecular weight is 353 g/mol. The van der Waals surface area contributed by atoms with Crippen molar-refractivity contribution in [2.75, 3.05) is 12.8 Å². The molecule has 1 heterocycles. The van der Waals surface area contributed by atoms with Gasteiger partial charge in [0.1, 0.15) is 0 Å². The molecule has 25 heavy (non-hydrogen) atoms. The Hall–Kier alpha value is -2.07. The number of amides is 1. The number of nitrogens with zero attached hydrogens (tertiary/aromatic N) is 2. The summed E-state index contributed by atoms with van der Waals surface area (Å²) in [4.78, 5) is 19.9. The number of hydrogen-bond acceptors (Lipinski definition) is 3. The largest absolute Gasteiger partial charge is 0.329 e. The molecule has 0 unspecified atom stereocenters. The van der Waals surface area contributed by atoms with E-state index in [1.807, 2.05) is 66.9 Å². The van der Waals surface area contributed by atoms with Gasteiger partial charge in [0.05, 0.1) is 0 Å². The monoisotopic (exact) mass is 352 g/mol. The summed E-state index contributed by atoms with van der Waals surface area (Å²) in [5.74, 6) is -0.0919. The topological polar surface area (TPSA) is 32.7 Å². The van der Waals surface area contributed by atoms with Crippen LogP contribution in [0.5, 0.6) is 0 Å². The highest BCUT2D eigenvalue weighted by molar-refractivity contribution is 8.13. The van der Waals surface area contributed by atoms with Crippen molar-refractivity contribution < 1.29 is 4.79 Å². The molecule has 3 rings (SSSR count). The van der Waals surface area contributed by atoms with Gasteiger partial charge in [-0.3, -0.25) is 4.79 Å². The van der Waals surface area contributed by atoms with Crippen molar-refractivity contribution >= 4 is 22.8 Å². The average Bonchev–Trinajstić information content (AvgIpc) is 2.96. The lowest BCUT2D eigenvalue weighted by Gasteiger charge is -2.39. The molecule has 0 radical (unpaired) electrons. The van der Waals surface area contributed by atoms with E-state index in [2.05, 4.69) is 16.8 Å². The minimum Gasteiger partial charge on any atom is -0.329 e. The first-order chi connectivity index (χ1) is 12.2. The Bertz CT molecular complexity index is 704. The van der Waals surface area contributed by atoms with Gasteiger partial charge in [-0.1, -0.05) is 92.2 Å². The van der Waals surface area contributed by atoms with Crippen molar-refractivity contribution in [3.63, 3.8) is 0 Å². The first-order valence-corrected chi connectivity index (χ1v) is 10.0. The van der Waals surface area contributed by atoms with Crippen LogP contribution in [0, 0.1) is 0 Å². The van der Waals surface area contributed by atoms with Crippen LogP contribution in [0.2, 0.25) is 0 Å². The lowest BCUT2D eigenvalue weighted by molar-refractivity contribution is -0.124. The normalized spacial score (nSPS) is 16.2. The SMILES string of the molecule is CCCCCN1C(SC)=NC(=O)C1(c1ccccc1)c1ccccc1. The summed E-state index contributed by atoms with van der Waals surface area (Å²) < 4.78 is 0. The van der Waals surface area contributed by atoms with Gasteiger partial charge in [-0.2, -0.15) is 4.99 Å². The summed E-state index contributed by atoms with van der Waals surface area (Å²) in [6.07, 6.45) is 5.33. The van der Waals surface area contributed by atoms with Gasteiger partial charge in [0.25, 0.3) is 5.91 Å². The molecular weight excluding hydrogens is 328 g/mol. The van der Waals surface area contributed by atoms with Crippen molar-refractivity contribution in [3.05, 3.63) is 71.8 Å². The summed E-state index contributed by atoms with van der Waals surface area (Å²) in [6, 6.07) is 20.1. The Morgan fingerprint density at radius 3 is 2.00 bits per heavy atom. The van der Waals surface area contributed by atoms with Gasteiger partial charge >= 0.3 is 0 Å². The predicted molar refractivity (Wildman–Crippen MR) is 106 cm³/mol. The third-order valence-electron chi connectivity index (χ3n) is 4.69. The summed E-state index contributed by atoms with van der Waals surface area (Å²) in [5, 5.41) is 0.814. The van der Waals surface area contributed by atoms with E-state index < -0.39 is 5.54 Å². The fraction of sp³-hybridized carbons (Fsp3) is 0.333. The van der Waals surface area contributed by atoms with Crippen LogP contribution in [-0.4, -0.2) is 28.8 Å². The zero-order valence-corrected chi connectivity index (χ0v) is 15.6. The van der Waals surface area contributed by atoms with Gasteiger partial charge < -0.3 is 4.90 Å². The van der Waals surface area contributed by atoms with Crippen LogP contribution in [0.1, 0.15) is 37.3 Å². The molecule has 0 saturated heterocycles. The van der Waals surface area contributed by atoms with E-state index in [0.29, 0.717) is 0 Å². The third-order valence-corrected chi connectivity index (χ3v) is 5.37. The van der Waals surface area contributed by atoms with E-state index in [0.717, 1.165) is 42.1 Å². The van der Waals surface area contributed by atoms with Crippen LogP contribution in [0.3, 0.4) is 0 Å². The Kier molecular flexibility index (Phi) is 5.59. The maximum Gasteiger partial charge on any atom is 0.283 e. The molecule has 0 saturated carbocycles. The van der Waals surface area contributed by atoms with Crippen molar-refractivity contribution in [1.82, 2.24) is 4.90 Å². The molecule has 0 fully saturated rings. The second-order valence-corrected chi connectivity index (χ2v) is 6.98. The molecule has 1 aliphatic heterocycles. The molecule has 2 aromatic rings. The molecule has 0 spiro atoms. The van der Waals surface area contributed by atoms with Crippen LogP contribution in [0.15, 0.2) is 65.7 Å². The molecule has 0 aromatic heterocycles. The standard InChI is InChI=1S/C21H24N2OS/c1-3-4-11-16-23-20(25-2)22-19(24)21(23,17-12-7-5-8-13-17)18-14-9-6-10-15-18/h5-10,12-15H,3-4,11,16H2,1-2H3. The van der Waals surface area contributed by atoms with Gasteiger partial charge in [-0.05, 0) is 23.8 Å². The molecular formula is C21H24N2OS. The van der Waals surface area contributed by atoms with Crippen molar-refractivity contribution in [2.24, 2.45) is 4.99 Å². The quantitative estimate of drug-likeness (QED) is 0.708. The van der Waals surface area contributed by atoms with E-state index in [-0.39, 0.29) is 5.91 Å². The van der Waals surface area contributed by atoms with Gasteiger partial charge in [0.15, 0.2) is 10.7 Å². The minimum atomic E-state index is -0.853. The van der Waals surface area contributed by atoms with Gasteiger partial charge in [0, 0.05) is 6.54 Å². The molecule has 4 heteroatoms. The molecule has 0 bridgehead atoms. The first-order valence-electron chi connectivity index (χ1n) is 8.81. The summed E-state index contributed by atoms with van der Waals surface area (Å²) >= 11 is 1.55. The highest BCUT2D eigenvalue weighted by atomic mass is 32.2. The highest BCUT2D eigenvalue weighted by Gasteiger charge is 2.52. The van der Waals surface area contributed by atoms with E-state index in [4.69, 9.17) is 0 Å². The number of benzene rings is 2. The summed E-state index contributed by atoms with van der Waals surface area (Å²) in [6.45, 7) is 3.02. The smallest absolute Gasteiger partial charge is 0.283 e. The molecule has 1 aliphatic rings. The second-order valence-electron chi connectivity index (χ2n) is 6.20. The predicted octanol–water partition coefficient (Wildman–Crippen LogP) is 4.68. The van der Waals surface area contributed by atoms with E-state index in [1.54, 1.807) is 11.8 Å². The van der Waals surface area contributed by atoms with Crippen molar-refractivity contribution in [3.8, 4) is 0 Å². The van der Waals surface area contributed by atoms with Crippen LogP contribution in [0.4, 0.5) is 0 Å². The molecule has 0 aliphatic carbocycles. The molecule has 2 aromatic carbocycles. The molecule has 3 nitrogen and oxygen atoms in total. The van der Waals surface area contributed by atoms with Crippen molar-refractivity contribution in [2.45, 2.75) is 31.7 Å². The molecule has 130 valence electrons. The highest BCUT2D eigenvalue weighted by Crippen LogP contribution is 2.43. The second kappa shape index (κ2) is 7.87. The molecule has 0 N–H and O–H groups in total. The Labute approximate surface area is 154 Å². The number of unbranched alkanes of at least 4 members (excludes halogenated alkanes) is 2. The zero-order chi connectivity index (χ0) is 17.7. The number of rotatable bonds is 6. The number of aliphatic imine (C=N–C) groups is 1. The number of thioether (sulfide) groups is 1. The van der Waals surface area contributed by atoms with Gasteiger partial charge in [-0.25, -0.2) is 0 Å². The summed E-state index contributed by atoms with van der Waals surface area (Å²) in [7, 11) is 0. The lowest BCUT2D eigenvalue weighted by Crippen LogP contribution is -2.49. The summed E-state index contributed by atoms with van der Waals surface area (Å²) in [5.41, 5.74) is 1.11. The van der Waals surface area contributed by atoms with E-state index >= 15 is 0 Å². The maximum atomic E-state index is 13.3. The molecule has 0 atom stereocenters. The maximum absolute atomic E-state index is 13.3.